The van der Waals surface area contributed by atoms with Gasteiger partial charge in [-0.15, -0.1) is 11.8 Å². The summed E-state index contributed by atoms with van der Waals surface area (Å²) in [6, 6.07) is 8.11. The van der Waals surface area contributed by atoms with Gasteiger partial charge in [0, 0.05) is 10.6 Å². The number of thiol groups is 1. The summed E-state index contributed by atoms with van der Waals surface area (Å²) in [5, 5.41) is 0. The molecule has 14 heavy (non-hydrogen) atoms. The SMILES string of the molecule is COc1ccccc1SCC(C)CS. The Hall–Kier alpha value is -0.280. The monoisotopic (exact) mass is 228 g/mol. The van der Waals surface area contributed by atoms with E-state index >= 15 is 0 Å². The molecule has 1 aromatic rings. The molecule has 0 aromatic heterocycles. The lowest BCUT2D eigenvalue weighted by atomic mass is 10.3. The second kappa shape index (κ2) is 6.25. The summed E-state index contributed by atoms with van der Waals surface area (Å²) in [6.07, 6.45) is 0. The number of benzene rings is 1. The normalized spacial score (nSPS) is 12.5. The van der Waals surface area contributed by atoms with E-state index in [1.807, 2.05) is 30.0 Å². The third kappa shape index (κ3) is 3.46. The van der Waals surface area contributed by atoms with Crippen molar-refractivity contribution in [1.29, 1.82) is 0 Å². The van der Waals surface area contributed by atoms with Gasteiger partial charge in [0.25, 0.3) is 0 Å². The fraction of sp³-hybridized carbons (Fsp3) is 0.455. The van der Waals surface area contributed by atoms with Crippen molar-refractivity contribution in [3.8, 4) is 5.75 Å². The molecule has 1 aromatic carbocycles. The summed E-state index contributed by atoms with van der Waals surface area (Å²) in [6.45, 7) is 2.20. The molecule has 3 heteroatoms. The van der Waals surface area contributed by atoms with Crippen molar-refractivity contribution in [1.82, 2.24) is 0 Å². The van der Waals surface area contributed by atoms with Crippen LogP contribution >= 0.6 is 24.4 Å². The van der Waals surface area contributed by atoms with Crippen molar-refractivity contribution in [3.63, 3.8) is 0 Å². The fourth-order valence-electron chi connectivity index (χ4n) is 1.02. The summed E-state index contributed by atoms with van der Waals surface area (Å²) in [4.78, 5) is 1.21. The van der Waals surface area contributed by atoms with Crippen LogP contribution in [-0.4, -0.2) is 18.6 Å². The van der Waals surface area contributed by atoms with Gasteiger partial charge in [0.2, 0.25) is 0 Å². The van der Waals surface area contributed by atoms with Gasteiger partial charge < -0.3 is 4.74 Å². The standard InChI is InChI=1S/C11H16OS2/c1-9(7-13)8-14-11-6-4-3-5-10(11)12-2/h3-6,9,13H,7-8H2,1-2H3. The lowest BCUT2D eigenvalue weighted by Gasteiger charge is -2.10. The van der Waals surface area contributed by atoms with E-state index in [1.54, 1.807) is 7.11 Å². The Kier molecular flexibility index (Phi) is 5.26. The second-order valence-electron chi connectivity index (χ2n) is 3.25. The number of rotatable bonds is 5. The van der Waals surface area contributed by atoms with Crippen LogP contribution in [0.4, 0.5) is 0 Å². The molecule has 78 valence electrons. The first kappa shape index (κ1) is 11.8. The molecule has 0 spiro atoms. The predicted molar refractivity (Wildman–Crippen MR) is 66.7 cm³/mol. The van der Waals surface area contributed by atoms with Crippen molar-refractivity contribution >= 4 is 24.4 Å². The van der Waals surface area contributed by atoms with Gasteiger partial charge in [-0.3, -0.25) is 0 Å². The number of para-hydroxylation sites is 1. The average Bonchev–Trinajstić information content (AvgIpc) is 2.26. The molecule has 0 saturated heterocycles. The highest BCUT2D eigenvalue weighted by Gasteiger charge is 2.04. The summed E-state index contributed by atoms with van der Waals surface area (Å²) >= 11 is 6.10. The molecule has 0 N–H and O–H groups in total. The van der Waals surface area contributed by atoms with Gasteiger partial charge in [-0.25, -0.2) is 0 Å². The Morgan fingerprint density at radius 3 is 2.79 bits per heavy atom. The van der Waals surface area contributed by atoms with Crippen LogP contribution in [0.1, 0.15) is 6.92 Å². The summed E-state index contributed by atoms with van der Waals surface area (Å²) in [5.41, 5.74) is 0. The molecular weight excluding hydrogens is 212 g/mol. The third-order valence-electron chi connectivity index (χ3n) is 1.90. The molecule has 0 heterocycles. The minimum Gasteiger partial charge on any atom is -0.496 e. The fourth-order valence-corrected chi connectivity index (χ4v) is 2.38. The maximum absolute atomic E-state index is 5.27. The van der Waals surface area contributed by atoms with Gasteiger partial charge in [-0.1, -0.05) is 19.1 Å². The number of methoxy groups -OCH3 is 1. The van der Waals surface area contributed by atoms with Gasteiger partial charge in [0.15, 0.2) is 0 Å². The molecule has 0 bridgehead atoms. The van der Waals surface area contributed by atoms with E-state index in [0.29, 0.717) is 5.92 Å². The first-order valence-corrected chi connectivity index (χ1v) is 6.26. The largest absolute Gasteiger partial charge is 0.496 e. The number of hydrogen-bond donors (Lipinski definition) is 1. The molecule has 0 fully saturated rings. The van der Waals surface area contributed by atoms with E-state index in [1.165, 1.54) is 4.90 Å². The molecule has 0 amide bonds. The molecule has 0 radical (unpaired) electrons. The van der Waals surface area contributed by atoms with Gasteiger partial charge >= 0.3 is 0 Å². The van der Waals surface area contributed by atoms with Crippen LogP contribution in [0.25, 0.3) is 0 Å². The highest BCUT2D eigenvalue weighted by molar-refractivity contribution is 7.99. The number of hydrogen-bond acceptors (Lipinski definition) is 3. The maximum Gasteiger partial charge on any atom is 0.132 e. The Bertz CT molecular complexity index is 276. The molecule has 1 unspecified atom stereocenters. The molecule has 1 rings (SSSR count). The highest BCUT2D eigenvalue weighted by Crippen LogP contribution is 2.29. The van der Waals surface area contributed by atoms with Crippen LogP contribution in [0.5, 0.6) is 5.75 Å². The third-order valence-corrected chi connectivity index (χ3v) is 3.91. The van der Waals surface area contributed by atoms with E-state index in [0.717, 1.165) is 17.3 Å². The van der Waals surface area contributed by atoms with Crippen molar-refractivity contribution in [2.45, 2.75) is 11.8 Å². The van der Waals surface area contributed by atoms with Crippen LogP contribution in [0.3, 0.4) is 0 Å². The quantitative estimate of drug-likeness (QED) is 0.611. The molecule has 1 atom stereocenters. The smallest absolute Gasteiger partial charge is 0.132 e. The zero-order chi connectivity index (χ0) is 10.4. The Morgan fingerprint density at radius 2 is 2.14 bits per heavy atom. The zero-order valence-electron chi connectivity index (χ0n) is 8.56. The summed E-state index contributed by atoms with van der Waals surface area (Å²) in [5.74, 6) is 3.61. The average molecular weight is 228 g/mol. The van der Waals surface area contributed by atoms with Gasteiger partial charge in [0.1, 0.15) is 5.75 Å². The van der Waals surface area contributed by atoms with Crippen LogP contribution < -0.4 is 4.74 Å². The zero-order valence-corrected chi connectivity index (χ0v) is 10.3. The summed E-state index contributed by atoms with van der Waals surface area (Å²) in [7, 11) is 1.71. The molecule has 0 aliphatic rings. The van der Waals surface area contributed by atoms with Gasteiger partial charge in [-0.05, 0) is 23.8 Å². The number of ether oxygens (including phenoxy) is 1. The molecule has 1 nitrogen and oxygen atoms in total. The first-order chi connectivity index (χ1) is 6.77. The summed E-state index contributed by atoms with van der Waals surface area (Å²) < 4.78 is 5.27. The van der Waals surface area contributed by atoms with Crippen molar-refractivity contribution in [2.24, 2.45) is 5.92 Å². The van der Waals surface area contributed by atoms with Crippen LogP contribution in [0, 0.1) is 5.92 Å². The lowest BCUT2D eigenvalue weighted by molar-refractivity contribution is 0.405. The van der Waals surface area contributed by atoms with Crippen molar-refractivity contribution in [3.05, 3.63) is 24.3 Å². The Balaban J connectivity index is 2.57. The molecule has 0 saturated carbocycles. The molecule has 0 aliphatic carbocycles. The van der Waals surface area contributed by atoms with E-state index < -0.39 is 0 Å². The lowest BCUT2D eigenvalue weighted by Crippen LogP contribution is -1.99. The van der Waals surface area contributed by atoms with E-state index in [2.05, 4.69) is 25.6 Å². The second-order valence-corrected chi connectivity index (χ2v) is 4.68. The minimum atomic E-state index is 0.633. The number of thioether (sulfide) groups is 1. The van der Waals surface area contributed by atoms with E-state index in [4.69, 9.17) is 4.74 Å². The van der Waals surface area contributed by atoms with Crippen LogP contribution in [0.2, 0.25) is 0 Å². The Morgan fingerprint density at radius 1 is 1.43 bits per heavy atom. The van der Waals surface area contributed by atoms with E-state index in [9.17, 15) is 0 Å². The van der Waals surface area contributed by atoms with Crippen LogP contribution in [-0.2, 0) is 0 Å². The first-order valence-electron chi connectivity index (χ1n) is 4.64. The molecular formula is C11H16OS2. The van der Waals surface area contributed by atoms with Crippen molar-refractivity contribution < 1.29 is 4.74 Å². The van der Waals surface area contributed by atoms with Crippen molar-refractivity contribution in [2.75, 3.05) is 18.6 Å². The predicted octanol–water partition coefficient (Wildman–Crippen LogP) is 3.35. The minimum absolute atomic E-state index is 0.633. The van der Waals surface area contributed by atoms with Crippen LogP contribution in [0.15, 0.2) is 29.2 Å². The highest BCUT2D eigenvalue weighted by atomic mass is 32.2. The maximum atomic E-state index is 5.27. The van der Waals surface area contributed by atoms with Gasteiger partial charge in [0.05, 0.1) is 7.11 Å². The van der Waals surface area contributed by atoms with E-state index in [-0.39, 0.29) is 0 Å². The topological polar surface area (TPSA) is 9.23 Å². The van der Waals surface area contributed by atoms with Gasteiger partial charge in [-0.2, -0.15) is 12.6 Å². The molecule has 0 aliphatic heterocycles. The Labute approximate surface area is 95.6 Å².